The van der Waals surface area contributed by atoms with E-state index in [1.54, 1.807) is 48.5 Å². The van der Waals surface area contributed by atoms with Crippen LogP contribution in [0.3, 0.4) is 0 Å². The van der Waals surface area contributed by atoms with Crippen molar-refractivity contribution in [2.75, 3.05) is 18.5 Å². The summed E-state index contributed by atoms with van der Waals surface area (Å²) in [4.78, 5) is 25.1. The van der Waals surface area contributed by atoms with Crippen molar-refractivity contribution in [1.82, 2.24) is 4.31 Å². The lowest BCUT2D eigenvalue weighted by atomic mass is 10.1. The molecule has 0 radical (unpaired) electrons. The monoisotopic (exact) mass is 508 g/mol. The number of amides is 1. The average molecular weight is 509 g/mol. The summed E-state index contributed by atoms with van der Waals surface area (Å²) in [5, 5.41) is 2.72. The quantitative estimate of drug-likeness (QED) is 0.288. The minimum Gasteiger partial charge on any atom is -0.462 e. The van der Waals surface area contributed by atoms with E-state index >= 15 is 0 Å². The first-order valence-corrected chi connectivity index (χ1v) is 13.3. The largest absolute Gasteiger partial charge is 0.462 e. The van der Waals surface area contributed by atoms with Crippen molar-refractivity contribution < 1.29 is 22.7 Å². The molecule has 0 unspecified atom stereocenters. The van der Waals surface area contributed by atoms with Gasteiger partial charge >= 0.3 is 5.97 Å². The summed E-state index contributed by atoms with van der Waals surface area (Å²) in [6, 6.07) is 20.4. The zero-order valence-electron chi connectivity index (χ0n) is 20.9. The van der Waals surface area contributed by atoms with Crippen LogP contribution in [-0.4, -0.2) is 37.8 Å². The number of rotatable bonds is 11. The number of carbonyl (C=O) groups excluding carboxylic acids is 2. The van der Waals surface area contributed by atoms with E-state index in [-0.39, 0.29) is 18.0 Å². The van der Waals surface area contributed by atoms with Crippen LogP contribution in [0.1, 0.15) is 46.8 Å². The number of anilines is 1. The van der Waals surface area contributed by atoms with Gasteiger partial charge in [0.05, 0.1) is 23.6 Å². The standard InChI is InChI=1S/C28H32N2O5S/c1-4-5-18-35-28(32)24-12-14-25(15-13-24)29-27(31)20-30(19-23-10-6-21(2)7-11-23)36(33,34)26-16-8-22(3)9-17-26/h6-17H,4-5,18-20H2,1-3H3,(H,29,31). The third-order valence-corrected chi connectivity index (χ3v) is 7.40. The van der Waals surface area contributed by atoms with Gasteiger partial charge in [0.15, 0.2) is 0 Å². The molecule has 3 aromatic carbocycles. The fourth-order valence-corrected chi connectivity index (χ4v) is 4.81. The van der Waals surface area contributed by atoms with Gasteiger partial charge in [0.1, 0.15) is 0 Å². The number of nitrogens with one attached hydrogen (secondary N) is 1. The zero-order valence-corrected chi connectivity index (χ0v) is 21.7. The van der Waals surface area contributed by atoms with Crippen LogP contribution in [0, 0.1) is 13.8 Å². The van der Waals surface area contributed by atoms with Crippen molar-refractivity contribution in [2.45, 2.75) is 45.1 Å². The summed E-state index contributed by atoms with van der Waals surface area (Å²) in [5.74, 6) is -0.911. The van der Waals surface area contributed by atoms with Crippen LogP contribution in [0.15, 0.2) is 77.7 Å². The van der Waals surface area contributed by atoms with Crippen LogP contribution in [-0.2, 0) is 26.1 Å². The fourth-order valence-electron chi connectivity index (χ4n) is 3.43. The lowest BCUT2D eigenvalue weighted by molar-refractivity contribution is -0.116. The first-order valence-electron chi connectivity index (χ1n) is 11.9. The Morgan fingerprint density at radius 3 is 2.03 bits per heavy atom. The number of aryl methyl sites for hydroxylation is 2. The molecule has 0 fully saturated rings. The second-order valence-corrected chi connectivity index (χ2v) is 10.6. The van der Waals surface area contributed by atoms with Gasteiger partial charge in [-0.2, -0.15) is 4.31 Å². The molecule has 7 nitrogen and oxygen atoms in total. The molecule has 8 heteroatoms. The molecule has 0 atom stereocenters. The number of esters is 1. The van der Waals surface area contributed by atoms with Crippen LogP contribution in [0.2, 0.25) is 0 Å². The van der Waals surface area contributed by atoms with Crippen molar-refractivity contribution in [2.24, 2.45) is 0 Å². The number of benzene rings is 3. The van der Waals surface area contributed by atoms with Crippen LogP contribution >= 0.6 is 0 Å². The van der Waals surface area contributed by atoms with Crippen LogP contribution in [0.4, 0.5) is 5.69 Å². The highest BCUT2D eigenvalue weighted by atomic mass is 32.2. The van der Waals surface area contributed by atoms with Crippen LogP contribution < -0.4 is 5.32 Å². The third-order valence-electron chi connectivity index (χ3n) is 5.59. The van der Waals surface area contributed by atoms with Crippen molar-refractivity contribution in [3.05, 3.63) is 95.1 Å². The third kappa shape index (κ3) is 7.50. The number of hydrogen-bond donors (Lipinski definition) is 1. The molecule has 0 saturated heterocycles. The molecule has 36 heavy (non-hydrogen) atoms. The van der Waals surface area contributed by atoms with Crippen molar-refractivity contribution in [3.63, 3.8) is 0 Å². The molecule has 0 aliphatic carbocycles. The van der Waals surface area contributed by atoms with Gasteiger partial charge in [-0.05, 0) is 62.2 Å². The highest BCUT2D eigenvalue weighted by Gasteiger charge is 2.27. The lowest BCUT2D eigenvalue weighted by Gasteiger charge is -2.22. The van der Waals surface area contributed by atoms with Gasteiger partial charge in [-0.25, -0.2) is 13.2 Å². The Bertz CT molecular complexity index is 1270. The smallest absolute Gasteiger partial charge is 0.338 e. The molecule has 0 saturated carbocycles. The summed E-state index contributed by atoms with van der Waals surface area (Å²) < 4.78 is 33.2. The lowest BCUT2D eigenvalue weighted by Crippen LogP contribution is -2.37. The molecule has 3 rings (SSSR count). The first kappa shape index (κ1) is 27.1. The minimum atomic E-state index is -3.93. The average Bonchev–Trinajstić information content (AvgIpc) is 2.85. The van der Waals surface area contributed by atoms with E-state index in [0.29, 0.717) is 17.9 Å². The van der Waals surface area contributed by atoms with Crippen molar-refractivity contribution >= 4 is 27.6 Å². The van der Waals surface area contributed by atoms with Gasteiger partial charge in [-0.3, -0.25) is 4.79 Å². The van der Waals surface area contributed by atoms with E-state index in [1.165, 1.54) is 0 Å². The normalized spacial score (nSPS) is 11.3. The Morgan fingerprint density at radius 1 is 0.861 bits per heavy atom. The van der Waals surface area contributed by atoms with E-state index in [9.17, 15) is 18.0 Å². The summed E-state index contributed by atoms with van der Waals surface area (Å²) in [7, 11) is -3.93. The van der Waals surface area contributed by atoms with Gasteiger partial charge in [0.2, 0.25) is 15.9 Å². The zero-order chi connectivity index (χ0) is 26.1. The number of nitrogens with zero attached hydrogens (tertiary/aromatic N) is 1. The topological polar surface area (TPSA) is 92.8 Å². The van der Waals surface area contributed by atoms with E-state index < -0.39 is 21.9 Å². The maximum Gasteiger partial charge on any atom is 0.338 e. The molecular weight excluding hydrogens is 476 g/mol. The summed E-state index contributed by atoms with van der Waals surface area (Å²) in [6.45, 7) is 5.88. The molecule has 0 aromatic heterocycles. The SMILES string of the molecule is CCCCOC(=O)c1ccc(NC(=O)CN(Cc2ccc(C)cc2)S(=O)(=O)c2ccc(C)cc2)cc1. The molecule has 0 spiro atoms. The highest BCUT2D eigenvalue weighted by molar-refractivity contribution is 7.89. The van der Waals surface area contributed by atoms with E-state index in [0.717, 1.165) is 33.8 Å². The maximum atomic E-state index is 13.4. The van der Waals surface area contributed by atoms with Gasteiger partial charge < -0.3 is 10.1 Å². The molecule has 190 valence electrons. The number of sulfonamides is 1. The predicted molar refractivity (Wildman–Crippen MR) is 140 cm³/mol. The van der Waals surface area contributed by atoms with Gasteiger partial charge in [-0.1, -0.05) is 60.9 Å². The highest BCUT2D eigenvalue weighted by Crippen LogP contribution is 2.20. The van der Waals surface area contributed by atoms with Crippen LogP contribution in [0.25, 0.3) is 0 Å². The summed E-state index contributed by atoms with van der Waals surface area (Å²) >= 11 is 0. The molecule has 1 N–H and O–H groups in total. The predicted octanol–water partition coefficient (Wildman–Crippen LogP) is 5.09. The molecule has 1 amide bonds. The van der Waals surface area contributed by atoms with Crippen molar-refractivity contribution in [1.29, 1.82) is 0 Å². The molecule has 3 aromatic rings. The number of carbonyl (C=O) groups is 2. The molecule has 0 bridgehead atoms. The van der Waals surface area contributed by atoms with E-state index in [1.807, 2.05) is 45.0 Å². The second kappa shape index (κ2) is 12.5. The number of unbranched alkanes of at least 4 members (excludes halogenated alkanes) is 1. The van der Waals surface area contributed by atoms with Crippen LogP contribution in [0.5, 0.6) is 0 Å². The fraction of sp³-hybridized carbons (Fsp3) is 0.286. The number of hydrogen-bond acceptors (Lipinski definition) is 5. The van der Waals surface area contributed by atoms with Gasteiger partial charge in [0.25, 0.3) is 0 Å². The Kier molecular flexibility index (Phi) is 9.38. The van der Waals surface area contributed by atoms with E-state index in [4.69, 9.17) is 4.74 Å². The summed E-state index contributed by atoms with van der Waals surface area (Å²) in [6.07, 6.45) is 1.73. The first-order chi connectivity index (χ1) is 17.2. The van der Waals surface area contributed by atoms with Crippen molar-refractivity contribution in [3.8, 4) is 0 Å². The second-order valence-electron chi connectivity index (χ2n) is 8.69. The van der Waals surface area contributed by atoms with E-state index in [2.05, 4.69) is 5.32 Å². The molecule has 0 heterocycles. The molecular formula is C28H32N2O5S. The Morgan fingerprint density at radius 2 is 1.44 bits per heavy atom. The number of ether oxygens (including phenoxy) is 1. The maximum absolute atomic E-state index is 13.4. The Balaban J connectivity index is 1.74. The Labute approximate surface area is 213 Å². The molecule has 0 aliphatic heterocycles. The molecule has 0 aliphatic rings. The van der Waals surface area contributed by atoms with Gasteiger partial charge in [-0.15, -0.1) is 0 Å². The Hall–Kier alpha value is -3.49. The summed E-state index contributed by atoms with van der Waals surface area (Å²) in [5.41, 5.74) is 3.60. The minimum absolute atomic E-state index is 0.0481. The van der Waals surface area contributed by atoms with Gasteiger partial charge in [0, 0.05) is 12.2 Å².